The van der Waals surface area contributed by atoms with Crippen molar-refractivity contribution >= 4 is 6.29 Å². The van der Waals surface area contributed by atoms with Gasteiger partial charge in [-0.05, 0) is 43.8 Å². The fourth-order valence-electron chi connectivity index (χ4n) is 2.71. The Morgan fingerprint density at radius 1 is 1.15 bits per heavy atom. The van der Waals surface area contributed by atoms with Crippen LogP contribution in [0.15, 0.2) is 30.3 Å². The second-order valence-corrected chi connectivity index (χ2v) is 5.54. The molecular weight excluding hydrogens is 250 g/mol. The van der Waals surface area contributed by atoms with E-state index in [1.807, 2.05) is 6.07 Å². The lowest BCUT2D eigenvalue weighted by Gasteiger charge is -2.30. The van der Waals surface area contributed by atoms with Crippen molar-refractivity contribution in [1.29, 1.82) is 0 Å². The number of hydrogen-bond acceptors (Lipinski definition) is 3. The molecule has 0 unspecified atom stereocenters. The minimum absolute atomic E-state index is 0.614. The highest BCUT2D eigenvalue weighted by atomic mass is 16.5. The van der Waals surface area contributed by atoms with E-state index in [9.17, 15) is 4.79 Å². The summed E-state index contributed by atoms with van der Waals surface area (Å²) in [4.78, 5) is 12.9. The van der Waals surface area contributed by atoms with Crippen molar-refractivity contribution in [1.82, 2.24) is 4.90 Å². The van der Waals surface area contributed by atoms with Gasteiger partial charge in [0, 0.05) is 13.0 Å². The molecule has 1 heterocycles. The molecule has 0 aliphatic carbocycles. The Kier molecular flexibility index (Phi) is 6.75. The number of rotatable bonds is 8. The molecule has 0 atom stereocenters. The molecule has 0 N–H and O–H groups in total. The predicted molar refractivity (Wildman–Crippen MR) is 80.8 cm³/mol. The van der Waals surface area contributed by atoms with Crippen LogP contribution in [-0.2, 0) is 16.0 Å². The molecule has 0 saturated carbocycles. The molecule has 110 valence electrons. The Bertz CT molecular complexity index is 372. The highest BCUT2D eigenvalue weighted by Gasteiger charge is 2.18. The topological polar surface area (TPSA) is 29.5 Å². The third kappa shape index (κ3) is 5.43. The van der Waals surface area contributed by atoms with Crippen LogP contribution in [0.1, 0.15) is 24.8 Å². The second kappa shape index (κ2) is 8.88. The summed E-state index contributed by atoms with van der Waals surface area (Å²) in [7, 11) is 0. The number of carbonyl (C=O) groups is 1. The summed E-state index contributed by atoms with van der Waals surface area (Å²) in [5.74, 6) is 0.614. The third-order valence-electron chi connectivity index (χ3n) is 4.07. The molecule has 0 radical (unpaired) electrons. The molecule has 1 aromatic rings. The average molecular weight is 275 g/mol. The maximum Gasteiger partial charge on any atom is 0.120 e. The van der Waals surface area contributed by atoms with Crippen LogP contribution < -0.4 is 0 Å². The van der Waals surface area contributed by atoms with E-state index in [2.05, 4.69) is 29.2 Å². The van der Waals surface area contributed by atoms with Gasteiger partial charge in [0.15, 0.2) is 0 Å². The van der Waals surface area contributed by atoms with Gasteiger partial charge in [-0.15, -0.1) is 0 Å². The van der Waals surface area contributed by atoms with Crippen molar-refractivity contribution in [3.8, 4) is 0 Å². The summed E-state index contributed by atoms with van der Waals surface area (Å²) in [6.45, 7) is 4.85. The lowest BCUT2D eigenvalue weighted by atomic mass is 9.94. The summed E-state index contributed by atoms with van der Waals surface area (Å²) < 4.78 is 5.72. The number of piperidine rings is 1. The first-order valence-corrected chi connectivity index (χ1v) is 7.66. The maximum atomic E-state index is 10.5. The lowest BCUT2D eigenvalue weighted by Crippen LogP contribution is -2.36. The van der Waals surface area contributed by atoms with Gasteiger partial charge in [-0.2, -0.15) is 0 Å². The van der Waals surface area contributed by atoms with Gasteiger partial charge in [-0.1, -0.05) is 30.3 Å². The first-order valence-electron chi connectivity index (χ1n) is 7.66. The molecule has 1 saturated heterocycles. The Balaban J connectivity index is 1.51. The average Bonchev–Trinajstić information content (AvgIpc) is 2.50. The first kappa shape index (κ1) is 15.2. The van der Waals surface area contributed by atoms with Crippen molar-refractivity contribution in [2.75, 3.05) is 32.8 Å². The highest BCUT2D eigenvalue weighted by Crippen LogP contribution is 2.18. The van der Waals surface area contributed by atoms with Crippen LogP contribution in [0.3, 0.4) is 0 Å². The Hall–Kier alpha value is -1.19. The molecule has 0 amide bonds. The van der Waals surface area contributed by atoms with Crippen molar-refractivity contribution in [3.63, 3.8) is 0 Å². The molecular formula is C17H25NO2. The zero-order chi connectivity index (χ0) is 14.0. The molecule has 1 aliphatic heterocycles. The zero-order valence-corrected chi connectivity index (χ0v) is 12.2. The van der Waals surface area contributed by atoms with E-state index in [4.69, 9.17) is 4.74 Å². The Morgan fingerprint density at radius 2 is 1.90 bits per heavy atom. The molecule has 0 bridgehead atoms. The number of ether oxygens (including phenoxy) is 1. The zero-order valence-electron chi connectivity index (χ0n) is 12.2. The van der Waals surface area contributed by atoms with Gasteiger partial charge >= 0.3 is 0 Å². The van der Waals surface area contributed by atoms with Crippen molar-refractivity contribution in [3.05, 3.63) is 35.9 Å². The molecule has 1 aromatic carbocycles. The summed E-state index contributed by atoms with van der Waals surface area (Å²) in [6, 6.07) is 10.5. The van der Waals surface area contributed by atoms with Gasteiger partial charge in [0.2, 0.25) is 0 Å². The van der Waals surface area contributed by atoms with Crippen LogP contribution in [0.2, 0.25) is 0 Å². The van der Waals surface area contributed by atoms with E-state index in [1.165, 1.54) is 5.56 Å². The smallest absolute Gasteiger partial charge is 0.120 e. The molecule has 0 aromatic heterocycles. The molecule has 0 spiro atoms. The molecule has 3 nitrogen and oxygen atoms in total. The van der Waals surface area contributed by atoms with Gasteiger partial charge in [-0.25, -0.2) is 0 Å². The lowest BCUT2D eigenvalue weighted by molar-refractivity contribution is -0.108. The van der Waals surface area contributed by atoms with E-state index < -0.39 is 0 Å². The Labute approximate surface area is 121 Å². The highest BCUT2D eigenvalue weighted by molar-refractivity contribution is 5.49. The molecule has 1 aliphatic rings. The van der Waals surface area contributed by atoms with E-state index in [0.717, 1.165) is 64.8 Å². The fraction of sp³-hybridized carbons (Fsp3) is 0.588. The van der Waals surface area contributed by atoms with Crippen molar-refractivity contribution in [2.24, 2.45) is 5.92 Å². The van der Waals surface area contributed by atoms with Crippen molar-refractivity contribution < 1.29 is 9.53 Å². The number of aldehydes is 1. The Morgan fingerprint density at radius 3 is 2.60 bits per heavy atom. The van der Waals surface area contributed by atoms with Gasteiger partial charge in [0.1, 0.15) is 6.29 Å². The predicted octanol–water partition coefficient (Wildman–Crippen LogP) is 2.55. The second-order valence-electron chi connectivity index (χ2n) is 5.54. The number of likely N-dealkylation sites (tertiary alicyclic amines) is 1. The maximum absolute atomic E-state index is 10.5. The summed E-state index contributed by atoms with van der Waals surface area (Å²) in [5.41, 5.74) is 1.34. The van der Waals surface area contributed by atoms with Crippen LogP contribution in [-0.4, -0.2) is 44.0 Å². The van der Waals surface area contributed by atoms with E-state index in [0.29, 0.717) is 5.92 Å². The number of hydrogen-bond donors (Lipinski definition) is 0. The summed E-state index contributed by atoms with van der Waals surface area (Å²) in [6.07, 6.45) is 5.10. The van der Waals surface area contributed by atoms with Gasteiger partial charge in [0.25, 0.3) is 0 Å². The van der Waals surface area contributed by atoms with Crippen molar-refractivity contribution in [2.45, 2.75) is 25.7 Å². The SMILES string of the molecule is O=CCC1CCN(CCOCCc2ccccc2)CC1. The first-order chi connectivity index (χ1) is 9.88. The minimum Gasteiger partial charge on any atom is -0.380 e. The monoisotopic (exact) mass is 275 g/mol. The van der Waals surface area contributed by atoms with E-state index >= 15 is 0 Å². The normalized spacial score (nSPS) is 17.2. The summed E-state index contributed by atoms with van der Waals surface area (Å²) >= 11 is 0. The quantitative estimate of drug-likeness (QED) is 0.539. The molecule has 3 heteroatoms. The minimum atomic E-state index is 0.614. The molecule has 20 heavy (non-hydrogen) atoms. The largest absolute Gasteiger partial charge is 0.380 e. The van der Waals surface area contributed by atoms with Crippen LogP contribution in [0, 0.1) is 5.92 Å². The van der Waals surface area contributed by atoms with Gasteiger partial charge in [-0.3, -0.25) is 0 Å². The van der Waals surface area contributed by atoms with Gasteiger partial charge < -0.3 is 14.4 Å². The standard InChI is InChI=1S/C17H25NO2/c19-13-8-17-6-10-18(11-7-17)12-15-20-14-9-16-4-2-1-3-5-16/h1-5,13,17H,6-12,14-15H2. The summed E-state index contributed by atoms with van der Waals surface area (Å²) in [5, 5.41) is 0. The number of benzene rings is 1. The third-order valence-corrected chi connectivity index (χ3v) is 4.07. The van der Waals surface area contributed by atoms with Gasteiger partial charge in [0.05, 0.1) is 13.2 Å². The van der Waals surface area contributed by atoms with E-state index in [1.54, 1.807) is 0 Å². The van der Waals surface area contributed by atoms with Crippen LogP contribution in [0.5, 0.6) is 0 Å². The van der Waals surface area contributed by atoms with Crippen LogP contribution >= 0.6 is 0 Å². The fourth-order valence-corrected chi connectivity index (χ4v) is 2.71. The van der Waals surface area contributed by atoms with Crippen LogP contribution in [0.4, 0.5) is 0 Å². The van der Waals surface area contributed by atoms with Crippen LogP contribution in [0.25, 0.3) is 0 Å². The number of nitrogens with zero attached hydrogens (tertiary/aromatic N) is 1. The molecule has 2 rings (SSSR count). The van der Waals surface area contributed by atoms with E-state index in [-0.39, 0.29) is 0 Å². The molecule has 1 fully saturated rings. The number of carbonyl (C=O) groups excluding carboxylic acids is 1.